The summed E-state index contributed by atoms with van der Waals surface area (Å²) in [6.45, 7) is 1.74. The summed E-state index contributed by atoms with van der Waals surface area (Å²) in [5.41, 5.74) is 0. The Morgan fingerprint density at radius 3 is 2.44 bits per heavy atom. The zero-order valence-corrected chi connectivity index (χ0v) is 4.97. The van der Waals surface area contributed by atoms with E-state index in [9.17, 15) is 9.59 Å². The number of carbonyl (C=O) groups is 2. The van der Waals surface area contributed by atoms with Crippen molar-refractivity contribution in [3.05, 3.63) is 0 Å². The predicted octanol–water partition coefficient (Wildman–Crippen LogP) is 0.0535. The standard InChI is InChI=1S/C6H6O3/c1-2-3-4-5(7)6(8)9/h2H2,1H3,(H,8,9). The van der Waals surface area contributed by atoms with Crippen LogP contribution in [0.25, 0.3) is 0 Å². The van der Waals surface area contributed by atoms with Gasteiger partial charge in [0, 0.05) is 6.42 Å². The summed E-state index contributed by atoms with van der Waals surface area (Å²) in [5, 5.41) is 7.96. The molecule has 1 N–H and O–H groups in total. The Hall–Kier alpha value is -1.30. The van der Waals surface area contributed by atoms with Gasteiger partial charge in [-0.05, 0) is 5.92 Å². The summed E-state index contributed by atoms with van der Waals surface area (Å²) in [7, 11) is 0. The Balaban J connectivity index is 3.92. The molecule has 3 heteroatoms. The molecule has 0 radical (unpaired) electrons. The summed E-state index contributed by atoms with van der Waals surface area (Å²) in [5.74, 6) is 1.76. The lowest BCUT2D eigenvalue weighted by molar-refractivity contribution is -0.146. The van der Waals surface area contributed by atoms with E-state index in [1.165, 1.54) is 0 Å². The van der Waals surface area contributed by atoms with Crippen LogP contribution in [0.4, 0.5) is 0 Å². The Bertz CT molecular complexity index is 182. The van der Waals surface area contributed by atoms with Gasteiger partial charge >= 0.3 is 11.8 Å². The number of carboxylic acid groups (broad SMARTS) is 1. The van der Waals surface area contributed by atoms with Gasteiger partial charge in [-0.1, -0.05) is 12.8 Å². The first kappa shape index (κ1) is 7.70. The first-order valence-electron chi connectivity index (χ1n) is 2.44. The van der Waals surface area contributed by atoms with Gasteiger partial charge in [0.2, 0.25) is 0 Å². The van der Waals surface area contributed by atoms with Gasteiger partial charge in [-0.2, -0.15) is 0 Å². The molecule has 9 heavy (non-hydrogen) atoms. The van der Waals surface area contributed by atoms with Crippen LogP contribution in [0.1, 0.15) is 13.3 Å². The molecule has 0 aliphatic rings. The molecule has 0 rings (SSSR count). The SMILES string of the molecule is CCC#CC(=O)C(=O)O. The van der Waals surface area contributed by atoms with Crippen molar-refractivity contribution in [2.24, 2.45) is 0 Å². The number of hydrogen-bond donors (Lipinski definition) is 1. The molecule has 0 fully saturated rings. The van der Waals surface area contributed by atoms with Gasteiger partial charge in [-0.3, -0.25) is 4.79 Å². The summed E-state index contributed by atoms with van der Waals surface area (Å²) >= 11 is 0. The van der Waals surface area contributed by atoms with Crippen molar-refractivity contribution in [1.82, 2.24) is 0 Å². The second kappa shape index (κ2) is 3.67. The maximum Gasteiger partial charge on any atom is 0.385 e. The van der Waals surface area contributed by atoms with Gasteiger partial charge in [0.25, 0.3) is 0 Å². The molecule has 0 bridgehead atoms. The molecule has 0 aliphatic heterocycles. The van der Waals surface area contributed by atoms with Crippen LogP contribution >= 0.6 is 0 Å². The van der Waals surface area contributed by atoms with Crippen LogP contribution in [0.2, 0.25) is 0 Å². The van der Waals surface area contributed by atoms with Crippen molar-refractivity contribution in [3.8, 4) is 11.8 Å². The van der Waals surface area contributed by atoms with E-state index in [1.54, 1.807) is 6.92 Å². The highest BCUT2D eigenvalue weighted by Crippen LogP contribution is 1.70. The molecule has 0 saturated heterocycles. The Labute approximate surface area is 52.7 Å². The summed E-state index contributed by atoms with van der Waals surface area (Å²) < 4.78 is 0. The number of carbonyl (C=O) groups excluding carboxylic acids is 1. The van der Waals surface area contributed by atoms with Gasteiger partial charge in [-0.15, -0.1) is 0 Å². The normalized spacial score (nSPS) is 7.22. The molecule has 0 spiro atoms. The molecule has 0 heterocycles. The topological polar surface area (TPSA) is 54.4 Å². The second-order valence-electron chi connectivity index (χ2n) is 1.29. The number of ketones is 1. The second-order valence-corrected chi connectivity index (χ2v) is 1.29. The van der Waals surface area contributed by atoms with Gasteiger partial charge in [0.15, 0.2) is 0 Å². The fourth-order valence-corrected chi connectivity index (χ4v) is 0.222. The number of rotatable bonds is 1. The average Bonchev–Trinajstić information content (AvgIpc) is 1.82. The number of aliphatic carboxylic acids is 1. The summed E-state index contributed by atoms with van der Waals surface area (Å²) in [4.78, 5) is 19.9. The van der Waals surface area contributed by atoms with E-state index in [1.807, 2.05) is 5.92 Å². The van der Waals surface area contributed by atoms with Crippen LogP contribution < -0.4 is 0 Å². The van der Waals surface area contributed by atoms with Gasteiger partial charge in [0.05, 0.1) is 0 Å². The maximum absolute atomic E-state index is 10.1. The van der Waals surface area contributed by atoms with Crippen molar-refractivity contribution >= 4 is 11.8 Å². The van der Waals surface area contributed by atoms with E-state index in [2.05, 4.69) is 5.92 Å². The number of Topliss-reactive ketones (excluding diaryl/α,β-unsaturated/α-hetero) is 1. The number of carboxylic acids is 1. The van der Waals surface area contributed by atoms with Crippen LogP contribution in [-0.4, -0.2) is 16.9 Å². The molecule has 0 aromatic rings. The van der Waals surface area contributed by atoms with Crippen LogP contribution in [0, 0.1) is 11.8 Å². The molecule has 0 unspecified atom stereocenters. The van der Waals surface area contributed by atoms with Crippen LogP contribution in [0.15, 0.2) is 0 Å². The fourth-order valence-electron chi connectivity index (χ4n) is 0.222. The minimum absolute atomic E-state index is 0.499. The predicted molar refractivity (Wildman–Crippen MR) is 30.7 cm³/mol. The minimum Gasteiger partial charge on any atom is -0.475 e. The highest BCUT2D eigenvalue weighted by atomic mass is 16.4. The van der Waals surface area contributed by atoms with Crippen LogP contribution in [0.3, 0.4) is 0 Å². The molecular weight excluding hydrogens is 120 g/mol. The maximum atomic E-state index is 10.1. The molecule has 0 aromatic carbocycles. The highest BCUT2D eigenvalue weighted by Gasteiger charge is 2.04. The third-order valence-corrected chi connectivity index (χ3v) is 0.573. The molecule has 0 aromatic heterocycles. The molecule has 0 saturated carbocycles. The first-order chi connectivity index (χ1) is 4.18. The van der Waals surface area contributed by atoms with E-state index < -0.39 is 11.8 Å². The van der Waals surface area contributed by atoms with Crippen molar-refractivity contribution in [2.45, 2.75) is 13.3 Å². The Kier molecular flexibility index (Phi) is 3.14. The quantitative estimate of drug-likeness (QED) is 0.307. The number of hydrogen-bond acceptors (Lipinski definition) is 2. The molecule has 0 amide bonds. The van der Waals surface area contributed by atoms with Gasteiger partial charge in [-0.25, -0.2) is 4.79 Å². The highest BCUT2D eigenvalue weighted by molar-refractivity contribution is 6.40. The van der Waals surface area contributed by atoms with E-state index in [-0.39, 0.29) is 0 Å². The summed E-state index contributed by atoms with van der Waals surface area (Å²) in [6, 6.07) is 0. The molecule has 48 valence electrons. The minimum atomic E-state index is -1.49. The fraction of sp³-hybridized carbons (Fsp3) is 0.333. The largest absolute Gasteiger partial charge is 0.475 e. The molecule has 0 atom stereocenters. The summed E-state index contributed by atoms with van der Waals surface area (Å²) in [6.07, 6.45) is 0.499. The van der Waals surface area contributed by atoms with Crippen LogP contribution in [-0.2, 0) is 9.59 Å². The van der Waals surface area contributed by atoms with E-state index in [0.717, 1.165) is 0 Å². The lowest BCUT2D eigenvalue weighted by atomic mass is 10.4. The van der Waals surface area contributed by atoms with Crippen molar-refractivity contribution in [1.29, 1.82) is 0 Å². The lowest BCUT2D eigenvalue weighted by Crippen LogP contribution is -2.08. The molecular formula is C6H6O3. The lowest BCUT2D eigenvalue weighted by Gasteiger charge is -1.75. The van der Waals surface area contributed by atoms with Crippen molar-refractivity contribution in [2.75, 3.05) is 0 Å². The first-order valence-corrected chi connectivity index (χ1v) is 2.44. The van der Waals surface area contributed by atoms with Crippen LogP contribution in [0.5, 0.6) is 0 Å². The smallest absolute Gasteiger partial charge is 0.385 e. The van der Waals surface area contributed by atoms with Crippen molar-refractivity contribution in [3.63, 3.8) is 0 Å². The molecule has 3 nitrogen and oxygen atoms in total. The van der Waals surface area contributed by atoms with E-state index in [0.29, 0.717) is 6.42 Å². The third kappa shape index (κ3) is 3.30. The Morgan fingerprint density at radius 2 is 2.11 bits per heavy atom. The van der Waals surface area contributed by atoms with Gasteiger partial charge in [0.1, 0.15) is 0 Å². The average molecular weight is 126 g/mol. The monoisotopic (exact) mass is 126 g/mol. The zero-order valence-electron chi connectivity index (χ0n) is 4.97. The van der Waals surface area contributed by atoms with Gasteiger partial charge < -0.3 is 5.11 Å². The zero-order chi connectivity index (χ0) is 7.28. The van der Waals surface area contributed by atoms with Crippen molar-refractivity contribution < 1.29 is 14.7 Å². The Morgan fingerprint density at radius 1 is 1.56 bits per heavy atom. The third-order valence-electron chi connectivity index (χ3n) is 0.573. The molecule has 0 aliphatic carbocycles. The van der Waals surface area contributed by atoms with E-state index in [4.69, 9.17) is 5.11 Å². The van der Waals surface area contributed by atoms with E-state index >= 15 is 0 Å².